The fraction of sp³-hybridized carbons (Fsp3) is 0.417. The van der Waals surface area contributed by atoms with Crippen molar-refractivity contribution < 1.29 is 9.53 Å². The van der Waals surface area contributed by atoms with Crippen molar-refractivity contribution >= 4 is 51.7 Å². The van der Waals surface area contributed by atoms with Crippen molar-refractivity contribution in [3.63, 3.8) is 0 Å². The van der Waals surface area contributed by atoms with Crippen LogP contribution in [0.2, 0.25) is 5.02 Å². The van der Waals surface area contributed by atoms with Crippen LogP contribution in [0.4, 0.5) is 0 Å². The van der Waals surface area contributed by atoms with Crippen LogP contribution in [-0.2, 0) is 4.74 Å². The molecule has 0 N–H and O–H groups in total. The van der Waals surface area contributed by atoms with Gasteiger partial charge in [0.2, 0.25) is 0 Å². The van der Waals surface area contributed by atoms with E-state index in [1.54, 1.807) is 31.2 Å². The molecule has 0 saturated carbocycles. The Morgan fingerprint density at radius 1 is 1.56 bits per heavy atom. The highest BCUT2D eigenvalue weighted by molar-refractivity contribution is 14.1. The Morgan fingerprint density at radius 2 is 2.22 bits per heavy atom. The van der Waals surface area contributed by atoms with E-state index in [0.29, 0.717) is 23.7 Å². The number of rotatable bonds is 5. The van der Waals surface area contributed by atoms with E-state index in [1.165, 1.54) is 0 Å². The minimum Gasteiger partial charge on any atom is -0.383 e. The lowest BCUT2D eigenvalue weighted by Gasteiger charge is -2.20. The van der Waals surface area contributed by atoms with Gasteiger partial charge in [-0.15, -0.1) is 11.6 Å². The summed E-state index contributed by atoms with van der Waals surface area (Å²) in [4.78, 5) is 13.7. The molecular weight excluding hydrogens is 388 g/mol. The molecule has 0 aliphatic carbocycles. The number of halogens is 3. The number of methoxy groups -OCH3 is 1. The third-order valence-electron chi connectivity index (χ3n) is 2.33. The monoisotopic (exact) mass is 401 g/mol. The maximum Gasteiger partial charge on any atom is 0.253 e. The average molecular weight is 402 g/mol. The summed E-state index contributed by atoms with van der Waals surface area (Å²) in [6, 6.07) is 5.24. The Labute approximate surface area is 131 Å². The van der Waals surface area contributed by atoms with E-state index in [9.17, 15) is 4.79 Å². The van der Waals surface area contributed by atoms with Gasteiger partial charge in [-0.25, -0.2) is 0 Å². The highest BCUT2D eigenvalue weighted by atomic mass is 127. The lowest BCUT2D eigenvalue weighted by Crippen LogP contribution is -2.33. The lowest BCUT2D eigenvalue weighted by molar-refractivity contribution is 0.0781. The Kier molecular flexibility index (Phi) is 6.70. The first kappa shape index (κ1) is 16.0. The fourth-order valence-electron chi connectivity index (χ4n) is 1.46. The third kappa shape index (κ3) is 4.57. The second kappa shape index (κ2) is 7.53. The molecule has 3 nitrogen and oxygen atoms in total. The van der Waals surface area contributed by atoms with Crippen LogP contribution < -0.4 is 0 Å². The molecule has 18 heavy (non-hydrogen) atoms. The minimum atomic E-state index is -0.219. The molecule has 0 fully saturated rings. The Hall–Kier alpha value is -0.0400. The Bertz CT molecular complexity index is 429. The molecule has 0 aliphatic heterocycles. The fourth-order valence-corrected chi connectivity index (χ4v) is 2.31. The van der Waals surface area contributed by atoms with Gasteiger partial charge in [0.15, 0.2) is 0 Å². The number of carbonyl (C=O) groups is 1. The second-order valence-electron chi connectivity index (χ2n) is 3.87. The summed E-state index contributed by atoms with van der Waals surface area (Å²) in [7, 11) is 3.29. The van der Waals surface area contributed by atoms with Crippen LogP contribution >= 0.6 is 45.8 Å². The standard InChI is InChI=1S/C12H14Cl2INO2/c1-16(6-9(13)7-18-2)12(17)8-3-4-11(15)10(14)5-8/h3-5,9H,6-7H2,1-2H3. The molecule has 1 atom stereocenters. The van der Waals surface area contributed by atoms with Crippen molar-refractivity contribution in [2.45, 2.75) is 5.38 Å². The van der Waals surface area contributed by atoms with Gasteiger partial charge >= 0.3 is 0 Å². The summed E-state index contributed by atoms with van der Waals surface area (Å²) < 4.78 is 5.85. The summed E-state index contributed by atoms with van der Waals surface area (Å²) in [5.41, 5.74) is 0.559. The normalized spacial score (nSPS) is 12.3. The SMILES string of the molecule is COCC(Cl)CN(C)C(=O)c1ccc(I)c(Cl)c1. The molecule has 0 aliphatic rings. The molecule has 0 bridgehead atoms. The first-order valence-electron chi connectivity index (χ1n) is 5.29. The average Bonchev–Trinajstić information content (AvgIpc) is 2.32. The van der Waals surface area contributed by atoms with Gasteiger partial charge in [-0.3, -0.25) is 4.79 Å². The summed E-state index contributed by atoms with van der Waals surface area (Å²) in [5.74, 6) is -0.102. The van der Waals surface area contributed by atoms with Gasteiger partial charge in [0.1, 0.15) is 0 Å². The van der Waals surface area contributed by atoms with E-state index in [0.717, 1.165) is 3.57 Å². The van der Waals surface area contributed by atoms with Crippen molar-refractivity contribution in [1.29, 1.82) is 0 Å². The number of ether oxygens (including phenoxy) is 1. The quantitative estimate of drug-likeness (QED) is 0.559. The topological polar surface area (TPSA) is 29.5 Å². The molecule has 1 rings (SSSR count). The van der Waals surface area contributed by atoms with Crippen molar-refractivity contribution in [1.82, 2.24) is 4.90 Å². The molecule has 1 aromatic carbocycles. The van der Waals surface area contributed by atoms with Gasteiger partial charge in [-0.05, 0) is 40.8 Å². The number of hydrogen-bond donors (Lipinski definition) is 0. The van der Waals surface area contributed by atoms with Crippen LogP contribution in [0.5, 0.6) is 0 Å². The third-order valence-corrected chi connectivity index (χ3v) is 4.17. The number of hydrogen-bond acceptors (Lipinski definition) is 2. The summed E-state index contributed by atoms with van der Waals surface area (Å²) in [6.07, 6.45) is 0. The van der Waals surface area contributed by atoms with E-state index in [4.69, 9.17) is 27.9 Å². The maximum absolute atomic E-state index is 12.1. The molecular formula is C12H14Cl2INO2. The molecule has 0 aromatic heterocycles. The van der Waals surface area contributed by atoms with E-state index < -0.39 is 0 Å². The highest BCUT2D eigenvalue weighted by Crippen LogP contribution is 2.20. The number of carbonyl (C=O) groups excluding carboxylic acids is 1. The van der Waals surface area contributed by atoms with Gasteiger partial charge in [0.05, 0.1) is 17.0 Å². The van der Waals surface area contributed by atoms with Crippen molar-refractivity contribution in [3.8, 4) is 0 Å². The molecule has 0 saturated heterocycles. The number of nitrogens with zero attached hydrogens (tertiary/aromatic N) is 1. The Morgan fingerprint density at radius 3 is 2.78 bits per heavy atom. The van der Waals surface area contributed by atoms with Crippen LogP contribution in [0.15, 0.2) is 18.2 Å². The van der Waals surface area contributed by atoms with Gasteiger partial charge in [0, 0.05) is 29.8 Å². The summed E-state index contributed by atoms with van der Waals surface area (Å²) >= 11 is 14.1. The molecule has 0 radical (unpaired) electrons. The number of alkyl halides is 1. The van der Waals surface area contributed by atoms with E-state index >= 15 is 0 Å². The lowest BCUT2D eigenvalue weighted by atomic mass is 10.2. The predicted molar refractivity (Wildman–Crippen MR) is 82.6 cm³/mol. The van der Waals surface area contributed by atoms with E-state index in [-0.39, 0.29) is 11.3 Å². The molecule has 1 unspecified atom stereocenters. The first-order chi connectivity index (χ1) is 8.45. The predicted octanol–water partition coefficient (Wildman–Crippen LogP) is 3.27. The van der Waals surface area contributed by atoms with Crippen LogP contribution in [0.1, 0.15) is 10.4 Å². The molecule has 1 amide bonds. The van der Waals surface area contributed by atoms with E-state index in [2.05, 4.69) is 22.6 Å². The van der Waals surface area contributed by atoms with Crippen molar-refractivity contribution in [3.05, 3.63) is 32.4 Å². The molecule has 0 spiro atoms. The molecule has 0 heterocycles. The molecule has 1 aromatic rings. The number of amides is 1. The van der Waals surface area contributed by atoms with Gasteiger partial charge in [-0.1, -0.05) is 11.6 Å². The first-order valence-corrected chi connectivity index (χ1v) is 7.18. The van der Waals surface area contributed by atoms with Crippen LogP contribution in [0.25, 0.3) is 0 Å². The summed E-state index contributed by atoms with van der Waals surface area (Å²) in [6.45, 7) is 0.838. The zero-order chi connectivity index (χ0) is 13.7. The van der Waals surface area contributed by atoms with Gasteiger partial charge in [-0.2, -0.15) is 0 Å². The van der Waals surface area contributed by atoms with E-state index in [1.807, 2.05) is 6.07 Å². The van der Waals surface area contributed by atoms with Crippen molar-refractivity contribution in [2.24, 2.45) is 0 Å². The molecule has 6 heteroatoms. The Balaban J connectivity index is 2.71. The van der Waals surface area contributed by atoms with Gasteiger partial charge in [0.25, 0.3) is 5.91 Å². The zero-order valence-corrected chi connectivity index (χ0v) is 13.8. The molecule has 100 valence electrons. The second-order valence-corrected chi connectivity index (χ2v) is 6.05. The zero-order valence-electron chi connectivity index (χ0n) is 10.1. The largest absolute Gasteiger partial charge is 0.383 e. The van der Waals surface area contributed by atoms with Crippen molar-refractivity contribution in [2.75, 3.05) is 27.3 Å². The highest BCUT2D eigenvalue weighted by Gasteiger charge is 2.16. The minimum absolute atomic E-state index is 0.102. The van der Waals surface area contributed by atoms with Crippen LogP contribution in [0, 0.1) is 3.57 Å². The number of benzene rings is 1. The van der Waals surface area contributed by atoms with Gasteiger partial charge < -0.3 is 9.64 Å². The summed E-state index contributed by atoms with van der Waals surface area (Å²) in [5, 5.41) is 0.359. The van der Waals surface area contributed by atoms with Crippen LogP contribution in [0.3, 0.4) is 0 Å². The maximum atomic E-state index is 12.1. The van der Waals surface area contributed by atoms with Crippen LogP contribution in [-0.4, -0.2) is 43.5 Å². The smallest absolute Gasteiger partial charge is 0.253 e.